The lowest BCUT2D eigenvalue weighted by Gasteiger charge is -2.04. The Morgan fingerprint density at radius 1 is 1.07 bits per heavy atom. The van der Waals surface area contributed by atoms with Crippen LogP contribution in [0.5, 0.6) is 23.0 Å². The molecular formula is C20H18N2O6. The Kier molecular flexibility index (Phi) is 5.09. The lowest BCUT2D eigenvalue weighted by Crippen LogP contribution is -2.09. The van der Waals surface area contributed by atoms with Crippen LogP contribution in [0.4, 0.5) is 0 Å². The first-order valence-electron chi connectivity index (χ1n) is 8.87. The summed E-state index contributed by atoms with van der Waals surface area (Å²) in [5.74, 6) is 2.79. The highest BCUT2D eigenvalue weighted by Crippen LogP contribution is 2.35. The summed E-state index contributed by atoms with van der Waals surface area (Å²) in [6.07, 6.45) is 0.396. The molecule has 28 heavy (non-hydrogen) atoms. The van der Waals surface area contributed by atoms with E-state index in [1.165, 1.54) is 0 Å². The van der Waals surface area contributed by atoms with Crippen molar-refractivity contribution in [3.05, 3.63) is 48.4 Å². The largest absolute Gasteiger partial charge is 0.494 e. The van der Waals surface area contributed by atoms with Gasteiger partial charge < -0.3 is 23.5 Å². The summed E-state index contributed by atoms with van der Waals surface area (Å²) in [6.45, 7) is 2.70. The lowest BCUT2D eigenvalue weighted by atomic mass is 10.2. The Labute approximate surface area is 161 Å². The third kappa shape index (κ3) is 4.06. The zero-order chi connectivity index (χ0) is 19.3. The van der Waals surface area contributed by atoms with E-state index < -0.39 is 5.97 Å². The average molecular weight is 382 g/mol. The van der Waals surface area contributed by atoms with Gasteiger partial charge in [-0.1, -0.05) is 5.16 Å². The predicted octanol–water partition coefficient (Wildman–Crippen LogP) is 3.40. The van der Waals surface area contributed by atoms with E-state index in [0.717, 1.165) is 11.3 Å². The molecule has 0 amide bonds. The lowest BCUT2D eigenvalue weighted by molar-refractivity contribution is -0.134. The van der Waals surface area contributed by atoms with E-state index in [0.29, 0.717) is 35.6 Å². The molecule has 2 aromatic carbocycles. The normalized spacial score (nSPS) is 12.0. The fourth-order valence-electron chi connectivity index (χ4n) is 2.67. The molecule has 0 N–H and O–H groups in total. The topological polar surface area (TPSA) is 92.9 Å². The van der Waals surface area contributed by atoms with Gasteiger partial charge in [-0.25, -0.2) is 0 Å². The summed E-state index contributed by atoms with van der Waals surface area (Å²) >= 11 is 0. The number of fused-ring (bicyclic) bond motifs is 1. The molecule has 8 nitrogen and oxygen atoms in total. The van der Waals surface area contributed by atoms with Gasteiger partial charge in [0.1, 0.15) is 11.5 Å². The van der Waals surface area contributed by atoms with E-state index in [1.807, 2.05) is 31.2 Å². The van der Waals surface area contributed by atoms with Gasteiger partial charge in [0.2, 0.25) is 18.5 Å². The smallest absolute Gasteiger partial charge is 0.311 e. The zero-order valence-corrected chi connectivity index (χ0v) is 15.2. The SMILES string of the molecule is CCOc1ccc(-c2noc(CCC(=O)Oc3ccc4c(c3)OCO4)n2)cc1. The van der Waals surface area contributed by atoms with E-state index in [4.69, 9.17) is 23.5 Å². The molecule has 0 spiro atoms. The highest BCUT2D eigenvalue weighted by Gasteiger charge is 2.16. The van der Waals surface area contributed by atoms with E-state index in [-0.39, 0.29) is 19.6 Å². The van der Waals surface area contributed by atoms with Crippen molar-refractivity contribution in [3.8, 4) is 34.4 Å². The second-order valence-electron chi connectivity index (χ2n) is 5.96. The highest BCUT2D eigenvalue weighted by molar-refractivity contribution is 5.73. The molecule has 0 aliphatic carbocycles. The molecule has 1 aliphatic rings. The number of rotatable bonds is 7. The first-order valence-corrected chi connectivity index (χ1v) is 8.87. The molecule has 4 rings (SSSR count). The molecule has 3 aromatic rings. The first-order chi connectivity index (χ1) is 13.7. The summed E-state index contributed by atoms with van der Waals surface area (Å²) in [5, 5.41) is 3.95. The zero-order valence-electron chi connectivity index (χ0n) is 15.2. The number of hydrogen-bond donors (Lipinski definition) is 0. The highest BCUT2D eigenvalue weighted by atomic mass is 16.7. The van der Waals surface area contributed by atoms with Crippen molar-refractivity contribution in [3.63, 3.8) is 0 Å². The van der Waals surface area contributed by atoms with E-state index in [9.17, 15) is 4.79 Å². The Balaban J connectivity index is 1.32. The van der Waals surface area contributed by atoms with Gasteiger partial charge in [-0.2, -0.15) is 4.98 Å². The van der Waals surface area contributed by atoms with Crippen LogP contribution in [0.1, 0.15) is 19.2 Å². The molecule has 1 aliphatic heterocycles. The molecule has 0 bridgehead atoms. The second kappa shape index (κ2) is 7.99. The fraction of sp³-hybridized carbons (Fsp3) is 0.250. The molecule has 1 aromatic heterocycles. The van der Waals surface area contributed by atoms with Gasteiger partial charge in [-0.3, -0.25) is 4.79 Å². The maximum atomic E-state index is 12.1. The van der Waals surface area contributed by atoms with Gasteiger partial charge in [0, 0.05) is 18.1 Å². The van der Waals surface area contributed by atoms with Crippen LogP contribution in [-0.4, -0.2) is 29.5 Å². The van der Waals surface area contributed by atoms with E-state index in [1.54, 1.807) is 18.2 Å². The van der Waals surface area contributed by atoms with Gasteiger partial charge >= 0.3 is 5.97 Å². The molecule has 0 unspecified atom stereocenters. The van der Waals surface area contributed by atoms with Gasteiger partial charge in [-0.15, -0.1) is 0 Å². The van der Waals surface area contributed by atoms with Crippen LogP contribution in [0, 0.1) is 0 Å². The molecule has 0 fully saturated rings. The first kappa shape index (κ1) is 17.8. The van der Waals surface area contributed by atoms with Crippen LogP contribution in [0.15, 0.2) is 47.0 Å². The number of carbonyl (C=O) groups is 1. The minimum absolute atomic E-state index is 0.110. The van der Waals surface area contributed by atoms with Crippen LogP contribution >= 0.6 is 0 Å². The Morgan fingerprint density at radius 2 is 1.86 bits per heavy atom. The van der Waals surface area contributed by atoms with Gasteiger partial charge in [0.15, 0.2) is 11.5 Å². The fourth-order valence-corrected chi connectivity index (χ4v) is 2.67. The predicted molar refractivity (Wildman–Crippen MR) is 97.4 cm³/mol. The Hall–Kier alpha value is -3.55. The van der Waals surface area contributed by atoms with Gasteiger partial charge in [-0.05, 0) is 43.3 Å². The average Bonchev–Trinajstić information content (AvgIpc) is 3.36. The number of benzene rings is 2. The summed E-state index contributed by atoms with van der Waals surface area (Å²) in [7, 11) is 0. The Morgan fingerprint density at radius 3 is 2.68 bits per heavy atom. The van der Waals surface area contributed by atoms with Gasteiger partial charge in [0.05, 0.1) is 13.0 Å². The molecular weight excluding hydrogens is 364 g/mol. The Bertz CT molecular complexity index is 967. The summed E-state index contributed by atoms with van der Waals surface area (Å²) in [4.78, 5) is 16.4. The van der Waals surface area contributed by atoms with Crippen molar-refractivity contribution < 1.29 is 28.3 Å². The quantitative estimate of drug-likeness (QED) is 0.453. The van der Waals surface area contributed by atoms with E-state index >= 15 is 0 Å². The van der Waals surface area contributed by atoms with Crippen molar-refractivity contribution in [1.82, 2.24) is 10.1 Å². The number of hydrogen-bond acceptors (Lipinski definition) is 8. The molecule has 0 saturated heterocycles. The van der Waals surface area contributed by atoms with Crippen molar-refractivity contribution >= 4 is 5.97 Å². The number of esters is 1. The maximum absolute atomic E-state index is 12.1. The number of carbonyl (C=O) groups excluding carboxylic acids is 1. The van der Waals surface area contributed by atoms with Crippen LogP contribution in [0.3, 0.4) is 0 Å². The van der Waals surface area contributed by atoms with Crippen LogP contribution in [0.2, 0.25) is 0 Å². The van der Waals surface area contributed by atoms with Crippen molar-refractivity contribution in [1.29, 1.82) is 0 Å². The third-order valence-corrected chi connectivity index (χ3v) is 4.01. The monoisotopic (exact) mass is 382 g/mol. The van der Waals surface area contributed by atoms with Crippen LogP contribution in [-0.2, 0) is 11.2 Å². The summed E-state index contributed by atoms with van der Waals surface area (Å²) in [6, 6.07) is 12.4. The number of aryl methyl sites for hydroxylation is 1. The summed E-state index contributed by atoms with van der Waals surface area (Å²) in [5.41, 5.74) is 0.807. The van der Waals surface area contributed by atoms with E-state index in [2.05, 4.69) is 10.1 Å². The van der Waals surface area contributed by atoms with Gasteiger partial charge in [0.25, 0.3) is 0 Å². The minimum atomic E-state index is -0.403. The van der Waals surface area contributed by atoms with Crippen LogP contribution in [0.25, 0.3) is 11.4 Å². The number of ether oxygens (including phenoxy) is 4. The van der Waals surface area contributed by atoms with Crippen molar-refractivity contribution in [2.75, 3.05) is 13.4 Å². The maximum Gasteiger partial charge on any atom is 0.311 e. The third-order valence-electron chi connectivity index (χ3n) is 4.01. The molecule has 144 valence electrons. The van der Waals surface area contributed by atoms with Crippen molar-refractivity contribution in [2.45, 2.75) is 19.8 Å². The summed E-state index contributed by atoms with van der Waals surface area (Å²) < 4.78 is 26.4. The minimum Gasteiger partial charge on any atom is -0.494 e. The number of aromatic nitrogens is 2. The second-order valence-corrected chi connectivity index (χ2v) is 5.96. The standard InChI is InChI=1S/C20H18N2O6/c1-2-24-14-5-3-13(4-6-14)20-21-18(28-22-20)9-10-19(23)27-15-7-8-16-17(11-15)26-12-25-16/h3-8,11H,2,9-10,12H2,1H3. The molecule has 8 heteroatoms. The molecule has 0 saturated carbocycles. The molecule has 0 atom stereocenters. The molecule has 2 heterocycles. The van der Waals surface area contributed by atoms with Crippen molar-refractivity contribution in [2.24, 2.45) is 0 Å². The molecule has 0 radical (unpaired) electrons. The van der Waals surface area contributed by atoms with Crippen LogP contribution < -0.4 is 18.9 Å². The number of nitrogens with zero attached hydrogens (tertiary/aromatic N) is 2.